The number of nitrogens with one attached hydrogen (secondary N) is 1. The second-order valence-electron chi connectivity index (χ2n) is 3.41. The lowest BCUT2D eigenvalue weighted by molar-refractivity contribution is 0.0915. The molecule has 15 heavy (non-hydrogen) atoms. The van der Waals surface area contributed by atoms with Gasteiger partial charge in [0.2, 0.25) is 0 Å². The van der Waals surface area contributed by atoms with Gasteiger partial charge in [-0.15, -0.1) is 6.42 Å². The first-order valence-corrected chi connectivity index (χ1v) is 5.00. The summed E-state index contributed by atoms with van der Waals surface area (Å²) in [6, 6.07) is 1.53. The number of hydrogen-bond donors (Lipinski definition) is 1. The van der Waals surface area contributed by atoms with Crippen LogP contribution >= 0.6 is 0 Å². The van der Waals surface area contributed by atoms with E-state index in [0.717, 1.165) is 18.4 Å². The summed E-state index contributed by atoms with van der Waals surface area (Å²) < 4.78 is 5.07. The predicted octanol–water partition coefficient (Wildman–Crippen LogP) is 2.12. The predicted molar refractivity (Wildman–Crippen MR) is 58.4 cm³/mol. The van der Waals surface area contributed by atoms with Crippen LogP contribution in [0.5, 0.6) is 0 Å². The summed E-state index contributed by atoms with van der Waals surface area (Å²) >= 11 is 0. The Hall–Kier alpha value is -1.69. The first kappa shape index (κ1) is 11.4. The highest BCUT2D eigenvalue weighted by Gasteiger charge is 2.15. The Balaban J connectivity index is 2.64. The molecule has 3 nitrogen and oxygen atoms in total. The zero-order valence-corrected chi connectivity index (χ0v) is 9.04. The molecule has 0 fully saturated rings. The molecule has 1 rings (SSSR count). The van der Waals surface area contributed by atoms with Crippen molar-refractivity contribution >= 4 is 5.91 Å². The maximum atomic E-state index is 11.7. The number of terminal acetylenes is 1. The second-order valence-corrected chi connectivity index (χ2v) is 3.41. The highest BCUT2D eigenvalue weighted by atomic mass is 16.3. The van der Waals surface area contributed by atoms with Gasteiger partial charge in [0.05, 0.1) is 12.3 Å². The van der Waals surface area contributed by atoms with Crippen molar-refractivity contribution in [2.45, 2.75) is 32.7 Å². The normalized spacial score (nSPS) is 11.8. The van der Waals surface area contributed by atoms with E-state index in [1.54, 1.807) is 6.07 Å². The zero-order valence-electron chi connectivity index (χ0n) is 9.04. The van der Waals surface area contributed by atoms with Crippen molar-refractivity contribution in [1.29, 1.82) is 0 Å². The number of carbonyl (C=O) groups is 1. The molecular weight excluding hydrogens is 190 g/mol. The number of amides is 1. The zero-order chi connectivity index (χ0) is 11.3. The Morgan fingerprint density at radius 3 is 2.93 bits per heavy atom. The number of hydrogen-bond acceptors (Lipinski definition) is 2. The highest BCUT2D eigenvalue weighted by Crippen LogP contribution is 2.09. The number of aryl methyl sites for hydroxylation is 1. The maximum Gasteiger partial charge on any atom is 0.288 e. The molecule has 1 heterocycles. The summed E-state index contributed by atoms with van der Waals surface area (Å²) in [7, 11) is 0. The van der Waals surface area contributed by atoms with Gasteiger partial charge in [0, 0.05) is 5.56 Å². The summed E-state index contributed by atoms with van der Waals surface area (Å²) in [5.74, 6) is 2.64. The van der Waals surface area contributed by atoms with Crippen LogP contribution in [0.3, 0.4) is 0 Å². The second kappa shape index (κ2) is 5.26. The minimum Gasteiger partial charge on any atom is -0.459 e. The van der Waals surface area contributed by atoms with Crippen molar-refractivity contribution in [1.82, 2.24) is 5.32 Å². The van der Waals surface area contributed by atoms with Crippen LogP contribution in [0.25, 0.3) is 0 Å². The minimum atomic E-state index is -0.242. The molecule has 0 aliphatic carbocycles. The standard InChI is InChI=1S/C12H15NO2/c1-4-6-10(5-2)13-12(14)11-9(3)7-8-15-11/h2,7-8,10H,4,6H2,1,3H3,(H,13,14). The Morgan fingerprint density at radius 1 is 1.73 bits per heavy atom. The van der Waals surface area contributed by atoms with Gasteiger partial charge in [-0.05, 0) is 19.4 Å². The molecule has 0 bridgehead atoms. The molecule has 1 unspecified atom stereocenters. The summed E-state index contributed by atoms with van der Waals surface area (Å²) in [6.07, 6.45) is 8.51. The van der Waals surface area contributed by atoms with Crippen LogP contribution in [0.4, 0.5) is 0 Å². The van der Waals surface area contributed by atoms with Crippen LogP contribution in [-0.2, 0) is 0 Å². The molecule has 1 amide bonds. The summed E-state index contributed by atoms with van der Waals surface area (Å²) in [6.45, 7) is 3.84. The number of rotatable bonds is 4. The van der Waals surface area contributed by atoms with Crippen molar-refractivity contribution in [3.63, 3.8) is 0 Å². The SMILES string of the molecule is C#CC(CCC)NC(=O)c1occc1C. The van der Waals surface area contributed by atoms with Crippen LogP contribution in [0, 0.1) is 19.3 Å². The topological polar surface area (TPSA) is 42.2 Å². The lowest BCUT2D eigenvalue weighted by Crippen LogP contribution is -2.33. The fraction of sp³-hybridized carbons (Fsp3) is 0.417. The average Bonchev–Trinajstić information content (AvgIpc) is 2.63. The van der Waals surface area contributed by atoms with E-state index in [1.807, 2.05) is 13.8 Å². The fourth-order valence-electron chi connectivity index (χ4n) is 1.31. The van der Waals surface area contributed by atoms with Gasteiger partial charge in [-0.25, -0.2) is 0 Å². The molecule has 1 atom stereocenters. The molecule has 80 valence electrons. The van der Waals surface area contributed by atoms with Crippen molar-refractivity contribution in [2.24, 2.45) is 0 Å². The fourth-order valence-corrected chi connectivity index (χ4v) is 1.31. The molecule has 0 aromatic carbocycles. The molecule has 1 aromatic heterocycles. The Bertz CT molecular complexity index is 373. The first-order chi connectivity index (χ1) is 7.19. The van der Waals surface area contributed by atoms with Crippen LogP contribution in [0.15, 0.2) is 16.7 Å². The molecule has 0 radical (unpaired) electrons. The van der Waals surface area contributed by atoms with E-state index in [2.05, 4.69) is 11.2 Å². The third kappa shape index (κ3) is 2.88. The summed E-state index contributed by atoms with van der Waals surface area (Å²) in [5, 5.41) is 2.74. The lowest BCUT2D eigenvalue weighted by atomic mass is 10.1. The van der Waals surface area contributed by atoms with Crippen molar-refractivity contribution in [3.8, 4) is 12.3 Å². The van der Waals surface area contributed by atoms with Gasteiger partial charge in [-0.1, -0.05) is 19.3 Å². The molecule has 1 N–H and O–H groups in total. The van der Waals surface area contributed by atoms with E-state index in [1.165, 1.54) is 6.26 Å². The van der Waals surface area contributed by atoms with Gasteiger partial charge in [0.25, 0.3) is 5.91 Å². The number of carbonyl (C=O) groups excluding carboxylic acids is 1. The van der Waals surface area contributed by atoms with Gasteiger partial charge < -0.3 is 9.73 Å². The average molecular weight is 205 g/mol. The third-order valence-corrected chi connectivity index (χ3v) is 2.15. The van der Waals surface area contributed by atoms with E-state index in [-0.39, 0.29) is 11.9 Å². The molecule has 0 aliphatic heterocycles. The van der Waals surface area contributed by atoms with Gasteiger partial charge >= 0.3 is 0 Å². The van der Waals surface area contributed by atoms with Gasteiger partial charge in [-0.3, -0.25) is 4.79 Å². The molecule has 0 aliphatic rings. The monoisotopic (exact) mass is 205 g/mol. The summed E-state index contributed by atoms with van der Waals surface area (Å²) in [4.78, 5) is 11.7. The molecule has 3 heteroatoms. The van der Waals surface area contributed by atoms with Crippen LogP contribution < -0.4 is 5.32 Å². The van der Waals surface area contributed by atoms with E-state index in [0.29, 0.717) is 5.76 Å². The molecular formula is C12H15NO2. The van der Waals surface area contributed by atoms with E-state index in [9.17, 15) is 4.79 Å². The molecule has 0 saturated carbocycles. The van der Waals surface area contributed by atoms with E-state index in [4.69, 9.17) is 10.8 Å². The largest absolute Gasteiger partial charge is 0.459 e. The Labute approximate surface area is 89.9 Å². The Kier molecular flexibility index (Phi) is 3.99. The quantitative estimate of drug-likeness (QED) is 0.765. The van der Waals surface area contributed by atoms with Crippen LogP contribution in [-0.4, -0.2) is 11.9 Å². The highest BCUT2D eigenvalue weighted by molar-refractivity contribution is 5.93. The lowest BCUT2D eigenvalue weighted by Gasteiger charge is -2.10. The number of furan rings is 1. The van der Waals surface area contributed by atoms with Crippen LogP contribution in [0.2, 0.25) is 0 Å². The van der Waals surface area contributed by atoms with Crippen molar-refractivity contribution in [2.75, 3.05) is 0 Å². The van der Waals surface area contributed by atoms with E-state index < -0.39 is 0 Å². The van der Waals surface area contributed by atoms with Crippen LogP contribution in [0.1, 0.15) is 35.9 Å². The van der Waals surface area contributed by atoms with E-state index >= 15 is 0 Å². The van der Waals surface area contributed by atoms with Crippen molar-refractivity contribution in [3.05, 3.63) is 23.7 Å². The molecule has 0 spiro atoms. The van der Waals surface area contributed by atoms with Gasteiger partial charge in [0.1, 0.15) is 0 Å². The Morgan fingerprint density at radius 2 is 2.47 bits per heavy atom. The molecule has 0 saturated heterocycles. The first-order valence-electron chi connectivity index (χ1n) is 5.00. The summed E-state index contributed by atoms with van der Waals surface area (Å²) in [5.41, 5.74) is 0.819. The van der Waals surface area contributed by atoms with Gasteiger partial charge in [-0.2, -0.15) is 0 Å². The van der Waals surface area contributed by atoms with Gasteiger partial charge in [0.15, 0.2) is 5.76 Å². The smallest absolute Gasteiger partial charge is 0.288 e. The third-order valence-electron chi connectivity index (χ3n) is 2.15. The minimum absolute atomic E-state index is 0.216. The van der Waals surface area contributed by atoms with Crippen molar-refractivity contribution < 1.29 is 9.21 Å². The maximum absolute atomic E-state index is 11.7. The molecule has 1 aromatic rings.